The SMILES string of the molecule is CCN(CC)C(=NC(=S)N(CC)c1cccc(OC)c1)c1ccccc1. The molecule has 0 amide bonds. The first kappa shape index (κ1) is 19.9. The Morgan fingerprint density at radius 2 is 1.65 bits per heavy atom. The van der Waals surface area contributed by atoms with Gasteiger partial charge in [0, 0.05) is 37.0 Å². The van der Waals surface area contributed by atoms with Crippen LogP contribution in [-0.4, -0.2) is 42.6 Å². The third-order valence-electron chi connectivity index (χ3n) is 4.21. The highest BCUT2D eigenvalue weighted by Gasteiger charge is 2.15. The van der Waals surface area contributed by atoms with E-state index in [0.717, 1.165) is 42.5 Å². The molecule has 138 valence electrons. The van der Waals surface area contributed by atoms with Crippen molar-refractivity contribution in [2.45, 2.75) is 20.8 Å². The van der Waals surface area contributed by atoms with Crippen molar-refractivity contribution in [2.75, 3.05) is 31.6 Å². The van der Waals surface area contributed by atoms with Gasteiger partial charge < -0.3 is 14.5 Å². The van der Waals surface area contributed by atoms with Crippen LogP contribution in [-0.2, 0) is 0 Å². The van der Waals surface area contributed by atoms with Crippen molar-refractivity contribution in [1.82, 2.24) is 4.90 Å². The lowest BCUT2D eigenvalue weighted by Gasteiger charge is -2.26. The number of thiocarbonyl (C=S) groups is 1. The zero-order chi connectivity index (χ0) is 18.9. The molecule has 2 rings (SSSR count). The number of benzene rings is 2. The van der Waals surface area contributed by atoms with E-state index in [1.807, 2.05) is 47.4 Å². The second kappa shape index (κ2) is 9.92. The predicted molar refractivity (Wildman–Crippen MR) is 115 cm³/mol. The van der Waals surface area contributed by atoms with E-state index in [1.165, 1.54) is 0 Å². The molecule has 5 heteroatoms. The van der Waals surface area contributed by atoms with E-state index >= 15 is 0 Å². The number of hydrogen-bond donors (Lipinski definition) is 0. The lowest BCUT2D eigenvalue weighted by atomic mass is 10.2. The zero-order valence-electron chi connectivity index (χ0n) is 16.0. The second-order valence-electron chi connectivity index (χ2n) is 5.70. The first-order chi connectivity index (χ1) is 12.6. The number of rotatable bonds is 6. The molecule has 0 saturated heterocycles. The van der Waals surface area contributed by atoms with Gasteiger partial charge in [-0.05, 0) is 45.1 Å². The molecule has 0 spiro atoms. The minimum absolute atomic E-state index is 0.548. The summed E-state index contributed by atoms with van der Waals surface area (Å²) >= 11 is 5.70. The minimum atomic E-state index is 0.548. The summed E-state index contributed by atoms with van der Waals surface area (Å²) in [5.74, 6) is 1.71. The lowest BCUT2D eigenvalue weighted by Crippen LogP contribution is -2.35. The molecule has 2 aromatic rings. The van der Waals surface area contributed by atoms with Crippen LogP contribution in [0.1, 0.15) is 26.3 Å². The molecule has 0 heterocycles. The molecule has 0 fully saturated rings. The average molecular weight is 370 g/mol. The molecular weight excluding hydrogens is 342 g/mol. The smallest absolute Gasteiger partial charge is 0.201 e. The summed E-state index contributed by atoms with van der Waals surface area (Å²) < 4.78 is 5.34. The molecule has 0 radical (unpaired) electrons. The average Bonchev–Trinajstić information content (AvgIpc) is 2.69. The topological polar surface area (TPSA) is 28.1 Å². The quantitative estimate of drug-likeness (QED) is 0.423. The number of anilines is 1. The Hall–Kier alpha value is -2.40. The normalized spacial score (nSPS) is 11.2. The largest absolute Gasteiger partial charge is 0.497 e. The van der Waals surface area contributed by atoms with Gasteiger partial charge in [0.2, 0.25) is 5.11 Å². The van der Waals surface area contributed by atoms with Gasteiger partial charge in [0.25, 0.3) is 0 Å². The van der Waals surface area contributed by atoms with Crippen LogP contribution < -0.4 is 9.64 Å². The van der Waals surface area contributed by atoms with Gasteiger partial charge in [0.15, 0.2) is 0 Å². The fourth-order valence-electron chi connectivity index (χ4n) is 2.79. The van der Waals surface area contributed by atoms with Crippen molar-refractivity contribution < 1.29 is 4.74 Å². The van der Waals surface area contributed by atoms with E-state index in [-0.39, 0.29) is 0 Å². The van der Waals surface area contributed by atoms with Gasteiger partial charge in [0.1, 0.15) is 11.6 Å². The van der Waals surface area contributed by atoms with Gasteiger partial charge >= 0.3 is 0 Å². The number of aliphatic imine (C=N–C) groups is 1. The molecule has 0 aliphatic rings. The fourth-order valence-corrected chi connectivity index (χ4v) is 3.11. The summed E-state index contributed by atoms with van der Waals surface area (Å²) in [7, 11) is 1.67. The van der Waals surface area contributed by atoms with Crippen LogP contribution in [0.5, 0.6) is 5.75 Å². The van der Waals surface area contributed by atoms with Gasteiger partial charge in [-0.25, -0.2) is 4.99 Å². The molecule has 26 heavy (non-hydrogen) atoms. The van der Waals surface area contributed by atoms with Crippen molar-refractivity contribution in [2.24, 2.45) is 4.99 Å². The van der Waals surface area contributed by atoms with Gasteiger partial charge in [-0.15, -0.1) is 0 Å². The Labute approximate surface area is 162 Å². The highest BCUT2D eigenvalue weighted by Crippen LogP contribution is 2.22. The molecule has 0 unspecified atom stereocenters. The van der Waals surface area contributed by atoms with Crippen LogP contribution in [0.15, 0.2) is 59.6 Å². The molecule has 0 N–H and O–H groups in total. The maximum atomic E-state index is 5.70. The van der Waals surface area contributed by atoms with Crippen LogP contribution in [0, 0.1) is 0 Å². The van der Waals surface area contributed by atoms with Crippen molar-refractivity contribution >= 4 is 28.9 Å². The van der Waals surface area contributed by atoms with Gasteiger partial charge in [0.05, 0.1) is 7.11 Å². The fraction of sp³-hybridized carbons (Fsp3) is 0.333. The predicted octanol–water partition coefficient (Wildman–Crippen LogP) is 4.60. The third-order valence-corrected chi connectivity index (χ3v) is 4.52. The van der Waals surface area contributed by atoms with Crippen molar-refractivity contribution in [1.29, 1.82) is 0 Å². The second-order valence-corrected chi connectivity index (χ2v) is 6.07. The van der Waals surface area contributed by atoms with E-state index in [4.69, 9.17) is 21.9 Å². The Morgan fingerprint density at radius 1 is 0.962 bits per heavy atom. The van der Waals surface area contributed by atoms with E-state index in [9.17, 15) is 0 Å². The van der Waals surface area contributed by atoms with Crippen LogP contribution in [0.2, 0.25) is 0 Å². The van der Waals surface area contributed by atoms with E-state index in [0.29, 0.717) is 5.11 Å². The van der Waals surface area contributed by atoms with Crippen LogP contribution in [0.4, 0.5) is 5.69 Å². The van der Waals surface area contributed by atoms with Crippen LogP contribution in [0.3, 0.4) is 0 Å². The maximum Gasteiger partial charge on any atom is 0.201 e. The van der Waals surface area contributed by atoms with Crippen LogP contribution in [0.25, 0.3) is 0 Å². The molecule has 0 atom stereocenters. The van der Waals surface area contributed by atoms with Gasteiger partial charge in [-0.3, -0.25) is 0 Å². The maximum absolute atomic E-state index is 5.70. The number of hydrogen-bond acceptors (Lipinski definition) is 2. The van der Waals surface area contributed by atoms with Crippen molar-refractivity contribution in [3.8, 4) is 5.75 Å². The monoisotopic (exact) mass is 369 g/mol. The summed E-state index contributed by atoms with van der Waals surface area (Å²) in [5.41, 5.74) is 2.05. The highest BCUT2D eigenvalue weighted by molar-refractivity contribution is 7.80. The lowest BCUT2D eigenvalue weighted by molar-refractivity contribution is 0.415. The summed E-state index contributed by atoms with van der Waals surface area (Å²) in [5, 5.41) is 0.548. The van der Waals surface area contributed by atoms with Crippen molar-refractivity contribution in [3.63, 3.8) is 0 Å². The standard InChI is InChI=1S/C21H27N3OS/c1-5-23(6-2)20(17-12-9-8-10-13-17)22-21(26)24(7-3)18-14-11-15-19(16-18)25-4/h8-16H,5-7H2,1-4H3. The number of nitrogens with zero attached hydrogens (tertiary/aromatic N) is 3. The summed E-state index contributed by atoms with van der Waals surface area (Å²) in [6, 6.07) is 18.1. The highest BCUT2D eigenvalue weighted by atomic mass is 32.1. The Bertz CT molecular complexity index is 742. The molecule has 0 aromatic heterocycles. The Morgan fingerprint density at radius 3 is 2.23 bits per heavy atom. The molecule has 2 aromatic carbocycles. The summed E-state index contributed by atoms with van der Waals surface area (Å²) in [4.78, 5) is 9.09. The Kier molecular flexibility index (Phi) is 7.60. The molecular formula is C21H27N3OS. The molecule has 4 nitrogen and oxygen atoms in total. The molecule has 0 bridgehead atoms. The van der Waals surface area contributed by atoms with E-state index in [1.54, 1.807) is 7.11 Å². The number of ether oxygens (including phenoxy) is 1. The van der Waals surface area contributed by atoms with Gasteiger partial charge in [-0.2, -0.15) is 0 Å². The third kappa shape index (κ3) is 4.82. The zero-order valence-corrected chi connectivity index (χ0v) is 16.8. The van der Waals surface area contributed by atoms with Crippen LogP contribution >= 0.6 is 12.2 Å². The molecule has 0 saturated carbocycles. The Balaban J connectivity index is 2.41. The number of methoxy groups -OCH3 is 1. The first-order valence-corrected chi connectivity index (χ1v) is 9.39. The first-order valence-electron chi connectivity index (χ1n) is 8.99. The molecule has 0 aliphatic heterocycles. The summed E-state index contributed by atoms with van der Waals surface area (Å²) in [6.07, 6.45) is 0. The number of amidine groups is 1. The summed E-state index contributed by atoms with van der Waals surface area (Å²) in [6.45, 7) is 8.81. The minimum Gasteiger partial charge on any atom is -0.497 e. The van der Waals surface area contributed by atoms with Crippen molar-refractivity contribution in [3.05, 3.63) is 60.2 Å². The molecule has 0 aliphatic carbocycles. The van der Waals surface area contributed by atoms with E-state index in [2.05, 4.69) is 37.8 Å². The van der Waals surface area contributed by atoms with Gasteiger partial charge in [-0.1, -0.05) is 36.4 Å². The van der Waals surface area contributed by atoms with E-state index < -0.39 is 0 Å².